The minimum absolute atomic E-state index is 0.493. The van der Waals surface area contributed by atoms with Gasteiger partial charge in [0.1, 0.15) is 16.8 Å². The summed E-state index contributed by atoms with van der Waals surface area (Å²) in [6, 6.07) is 18.3. The first-order valence-electron chi connectivity index (χ1n) is 8.43. The Hall–Kier alpha value is -2.90. The van der Waals surface area contributed by atoms with Crippen molar-refractivity contribution in [1.82, 2.24) is 4.98 Å². The fraction of sp³-hybridized carbons (Fsp3) is 0.182. The third-order valence-electron chi connectivity index (χ3n) is 4.13. The van der Waals surface area contributed by atoms with Gasteiger partial charge in [-0.05, 0) is 35.3 Å². The number of hydrogen-bond donors (Lipinski definition) is 0. The van der Waals surface area contributed by atoms with Gasteiger partial charge in [-0.3, -0.25) is 0 Å². The maximum Gasteiger partial charge on any atom is 0.134 e. The zero-order valence-electron chi connectivity index (χ0n) is 15.1. The van der Waals surface area contributed by atoms with Gasteiger partial charge in [-0.15, -0.1) is 11.3 Å². The Bertz CT molecular complexity index is 962. The molecular formula is C22H20N2OS. The van der Waals surface area contributed by atoms with E-state index in [0.717, 1.165) is 27.6 Å². The number of hydrogen-bond acceptors (Lipinski definition) is 4. The lowest BCUT2D eigenvalue weighted by Crippen LogP contribution is -1.87. The summed E-state index contributed by atoms with van der Waals surface area (Å²) in [4.78, 5) is 4.64. The second-order valence-electron chi connectivity index (χ2n) is 6.26. The van der Waals surface area contributed by atoms with Crippen LogP contribution in [0.4, 0.5) is 0 Å². The molecule has 0 radical (unpaired) electrons. The van der Waals surface area contributed by atoms with E-state index < -0.39 is 0 Å². The molecule has 3 nitrogen and oxygen atoms in total. The predicted octanol–water partition coefficient (Wildman–Crippen LogP) is 6.01. The van der Waals surface area contributed by atoms with Gasteiger partial charge < -0.3 is 4.74 Å². The molecule has 0 unspecified atom stereocenters. The number of ether oxygens (including phenoxy) is 1. The standard InChI is InChI=1S/C22H20N2OS/c1-15(2)17-9-7-16(8-10-17)11-19(13-23)22-24-21(14-26-22)18-5-4-6-20(12-18)25-3/h4-12,14-15H,1-3H3/b19-11-. The van der Waals surface area contributed by atoms with Crippen molar-refractivity contribution in [3.63, 3.8) is 0 Å². The van der Waals surface area contributed by atoms with Crippen molar-refractivity contribution in [3.8, 4) is 23.1 Å². The third kappa shape index (κ3) is 4.01. The average molecular weight is 360 g/mol. The summed E-state index contributed by atoms with van der Waals surface area (Å²) in [6.07, 6.45) is 1.89. The minimum atomic E-state index is 0.493. The molecule has 1 aromatic heterocycles. The molecule has 1 heterocycles. The maximum absolute atomic E-state index is 9.57. The molecule has 0 spiro atoms. The summed E-state index contributed by atoms with van der Waals surface area (Å²) in [6.45, 7) is 4.34. The molecule has 0 aliphatic heterocycles. The fourth-order valence-corrected chi connectivity index (χ4v) is 3.39. The maximum atomic E-state index is 9.57. The first kappa shape index (κ1) is 17.9. The fourth-order valence-electron chi connectivity index (χ4n) is 2.60. The highest BCUT2D eigenvalue weighted by molar-refractivity contribution is 7.11. The number of benzene rings is 2. The molecule has 3 rings (SSSR count). The van der Waals surface area contributed by atoms with Crippen LogP contribution in [0.1, 0.15) is 35.9 Å². The number of allylic oxidation sites excluding steroid dienone is 1. The van der Waals surface area contributed by atoms with Crippen molar-refractivity contribution in [1.29, 1.82) is 5.26 Å². The zero-order valence-corrected chi connectivity index (χ0v) is 15.9. The number of aromatic nitrogens is 1. The Kier molecular flexibility index (Phi) is 5.50. The second kappa shape index (κ2) is 7.99. The van der Waals surface area contributed by atoms with E-state index in [2.05, 4.69) is 37.0 Å². The highest BCUT2D eigenvalue weighted by Gasteiger charge is 2.10. The van der Waals surface area contributed by atoms with Crippen molar-refractivity contribution in [2.45, 2.75) is 19.8 Å². The molecule has 0 bridgehead atoms. The Morgan fingerprint density at radius 2 is 1.96 bits per heavy atom. The monoisotopic (exact) mass is 360 g/mol. The van der Waals surface area contributed by atoms with Crippen LogP contribution in [0.25, 0.3) is 22.9 Å². The van der Waals surface area contributed by atoms with Gasteiger partial charge in [0.15, 0.2) is 0 Å². The van der Waals surface area contributed by atoms with Crippen LogP contribution in [0.15, 0.2) is 53.9 Å². The SMILES string of the molecule is COc1cccc(-c2csc(/C(C#N)=C\c3ccc(C(C)C)cc3)n2)c1. The highest BCUT2D eigenvalue weighted by atomic mass is 32.1. The van der Waals surface area contributed by atoms with E-state index in [4.69, 9.17) is 4.74 Å². The summed E-state index contributed by atoms with van der Waals surface area (Å²) in [7, 11) is 1.65. The molecular weight excluding hydrogens is 340 g/mol. The average Bonchev–Trinajstić information content (AvgIpc) is 3.16. The van der Waals surface area contributed by atoms with Gasteiger partial charge in [0.25, 0.3) is 0 Å². The Balaban J connectivity index is 1.89. The quantitative estimate of drug-likeness (QED) is 0.524. The molecule has 0 fully saturated rings. The van der Waals surface area contributed by atoms with Crippen LogP contribution in [0.5, 0.6) is 5.75 Å². The van der Waals surface area contributed by atoms with Crippen molar-refractivity contribution in [2.24, 2.45) is 0 Å². The number of methoxy groups -OCH3 is 1. The van der Waals surface area contributed by atoms with Crippen molar-refractivity contribution >= 4 is 23.0 Å². The van der Waals surface area contributed by atoms with Crippen LogP contribution in [-0.4, -0.2) is 12.1 Å². The normalized spacial score (nSPS) is 11.4. The minimum Gasteiger partial charge on any atom is -0.497 e. The van der Waals surface area contributed by atoms with Crippen LogP contribution in [0, 0.1) is 11.3 Å². The number of nitrogens with zero attached hydrogens (tertiary/aromatic N) is 2. The van der Waals surface area contributed by atoms with Crippen molar-refractivity contribution in [3.05, 3.63) is 70.0 Å². The lowest BCUT2D eigenvalue weighted by atomic mass is 10.0. The summed E-state index contributed by atoms with van der Waals surface area (Å²) in [5, 5.41) is 12.3. The molecule has 26 heavy (non-hydrogen) atoms. The molecule has 130 valence electrons. The van der Waals surface area contributed by atoms with E-state index in [1.165, 1.54) is 16.9 Å². The molecule has 0 aliphatic rings. The van der Waals surface area contributed by atoms with Gasteiger partial charge in [-0.25, -0.2) is 4.98 Å². The Morgan fingerprint density at radius 1 is 1.19 bits per heavy atom. The summed E-state index contributed by atoms with van der Waals surface area (Å²) < 4.78 is 5.27. The topological polar surface area (TPSA) is 45.9 Å². The Morgan fingerprint density at radius 3 is 2.62 bits per heavy atom. The molecule has 4 heteroatoms. The Labute approximate surface area is 158 Å². The molecule has 0 saturated heterocycles. The molecule has 0 amide bonds. The molecule has 3 aromatic rings. The first-order valence-corrected chi connectivity index (χ1v) is 9.30. The summed E-state index contributed by atoms with van der Waals surface area (Å²) >= 11 is 1.48. The van der Waals surface area contributed by atoms with Crippen LogP contribution in [0.3, 0.4) is 0 Å². The first-order chi connectivity index (χ1) is 12.6. The van der Waals surface area contributed by atoms with E-state index in [1.807, 2.05) is 47.9 Å². The molecule has 0 atom stereocenters. The predicted molar refractivity (Wildman–Crippen MR) is 108 cm³/mol. The van der Waals surface area contributed by atoms with Crippen LogP contribution < -0.4 is 4.74 Å². The van der Waals surface area contributed by atoms with Crippen LogP contribution in [0.2, 0.25) is 0 Å². The summed E-state index contributed by atoms with van der Waals surface area (Å²) in [5.74, 6) is 1.28. The van der Waals surface area contributed by atoms with E-state index >= 15 is 0 Å². The lowest BCUT2D eigenvalue weighted by Gasteiger charge is -2.05. The van der Waals surface area contributed by atoms with Crippen LogP contribution >= 0.6 is 11.3 Å². The van der Waals surface area contributed by atoms with E-state index in [1.54, 1.807) is 7.11 Å². The third-order valence-corrected chi connectivity index (χ3v) is 5.01. The second-order valence-corrected chi connectivity index (χ2v) is 7.12. The number of nitriles is 1. The van der Waals surface area contributed by atoms with Gasteiger partial charge in [0.05, 0.1) is 18.4 Å². The lowest BCUT2D eigenvalue weighted by molar-refractivity contribution is 0.415. The largest absolute Gasteiger partial charge is 0.497 e. The summed E-state index contributed by atoms with van der Waals surface area (Å²) in [5.41, 5.74) is 4.69. The van der Waals surface area contributed by atoms with Crippen molar-refractivity contribution in [2.75, 3.05) is 7.11 Å². The van der Waals surface area contributed by atoms with E-state index in [9.17, 15) is 5.26 Å². The zero-order chi connectivity index (χ0) is 18.5. The highest BCUT2D eigenvalue weighted by Crippen LogP contribution is 2.29. The van der Waals surface area contributed by atoms with Gasteiger partial charge in [0.2, 0.25) is 0 Å². The van der Waals surface area contributed by atoms with Gasteiger partial charge in [-0.2, -0.15) is 5.26 Å². The van der Waals surface area contributed by atoms with Crippen molar-refractivity contribution < 1.29 is 4.74 Å². The molecule has 0 aliphatic carbocycles. The van der Waals surface area contributed by atoms with Crippen LogP contribution in [-0.2, 0) is 0 Å². The number of thiazole rings is 1. The van der Waals surface area contributed by atoms with Gasteiger partial charge in [-0.1, -0.05) is 50.2 Å². The van der Waals surface area contributed by atoms with E-state index in [0.29, 0.717) is 11.5 Å². The molecule has 0 saturated carbocycles. The van der Waals surface area contributed by atoms with E-state index in [-0.39, 0.29) is 0 Å². The molecule has 0 N–H and O–H groups in total. The van der Waals surface area contributed by atoms with Gasteiger partial charge in [0, 0.05) is 10.9 Å². The number of rotatable bonds is 5. The molecule has 2 aromatic carbocycles. The van der Waals surface area contributed by atoms with Gasteiger partial charge >= 0.3 is 0 Å². The smallest absolute Gasteiger partial charge is 0.134 e.